The molecular formula is C24H34N4O2. The predicted octanol–water partition coefficient (Wildman–Crippen LogP) is 2.77. The molecule has 0 aliphatic carbocycles. The van der Waals surface area contributed by atoms with Crippen LogP contribution in [0.25, 0.3) is 12.4 Å². The number of nitrogens with zero attached hydrogens (tertiary/aromatic N) is 2. The molecule has 0 spiro atoms. The number of unbranched alkanes of at least 4 members (excludes halogenated alkanes) is 2. The smallest absolute Gasteiger partial charge is 0.152 e. The van der Waals surface area contributed by atoms with E-state index in [4.69, 9.17) is 15.5 Å². The Hall–Kier alpha value is -3.02. The molecule has 0 unspecified atom stereocenters. The van der Waals surface area contributed by atoms with Gasteiger partial charge in [0.2, 0.25) is 0 Å². The highest BCUT2D eigenvalue weighted by molar-refractivity contribution is 5.83. The van der Waals surface area contributed by atoms with E-state index in [0.29, 0.717) is 23.7 Å². The molecule has 6 heteroatoms. The Kier molecular flexibility index (Phi) is 9.19. The molecule has 2 aromatic rings. The second-order valence-electron chi connectivity index (χ2n) is 7.34. The van der Waals surface area contributed by atoms with Crippen LogP contribution in [0.4, 0.5) is 0 Å². The van der Waals surface area contributed by atoms with Gasteiger partial charge in [-0.3, -0.25) is 4.79 Å². The third-order valence-corrected chi connectivity index (χ3v) is 4.89. The lowest BCUT2D eigenvalue weighted by molar-refractivity contribution is 0.112. The highest BCUT2D eigenvalue weighted by atomic mass is 16.5. The number of amidine groups is 1. The SMILES string of the molecule is C=c1ccn(Cc2ccc(C=O)cc2OC)/c1=C(/N=C(/N)CCC)NCCCCC. The minimum absolute atomic E-state index is 0.566. The van der Waals surface area contributed by atoms with Crippen molar-refractivity contribution in [2.75, 3.05) is 13.7 Å². The molecule has 0 amide bonds. The Morgan fingerprint density at radius 1 is 1.27 bits per heavy atom. The number of carbonyl (C=O) groups excluding carboxylic acids is 1. The first-order valence-electron chi connectivity index (χ1n) is 10.6. The maximum atomic E-state index is 11.1. The first-order chi connectivity index (χ1) is 14.5. The molecule has 0 saturated heterocycles. The van der Waals surface area contributed by atoms with Crippen molar-refractivity contribution in [3.05, 3.63) is 52.2 Å². The Morgan fingerprint density at radius 3 is 2.73 bits per heavy atom. The monoisotopic (exact) mass is 410 g/mol. The third-order valence-electron chi connectivity index (χ3n) is 4.89. The lowest BCUT2D eigenvalue weighted by Gasteiger charge is -2.13. The summed E-state index contributed by atoms with van der Waals surface area (Å²) in [6, 6.07) is 7.44. The van der Waals surface area contributed by atoms with E-state index >= 15 is 0 Å². The summed E-state index contributed by atoms with van der Waals surface area (Å²) in [6.45, 7) is 9.87. The number of aldehydes is 1. The van der Waals surface area contributed by atoms with Crippen LogP contribution in [0.1, 0.15) is 61.9 Å². The largest absolute Gasteiger partial charge is 0.496 e. The molecule has 162 valence electrons. The van der Waals surface area contributed by atoms with Crippen LogP contribution >= 0.6 is 0 Å². The maximum Gasteiger partial charge on any atom is 0.152 e. The van der Waals surface area contributed by atoms with Gasteiger partial charge in [0.15, 0.2) is 5.82 Å². The predicted molar refractivity (Wildman–Crippen MR) is 124 cm³/mol. The first-order valence-corrected chi connectivity index (χ1v) is 10.6. The zero-order chi connectivity index (χ0) is 21.9. The highest BCUT2D eigenvalue weighted by Gasteiger charge is 2.09. The molecule has 0 aliphatic heterocycles. The van der Waals surface area contributed by atoms with E-state index in [1.165, 1.54) is 0 Å². The molecule has 1 aromatic heterocycles. The number of nitrogens with one attached hydrogen (secondary N) is 1. The summed E-state index contributed by atoms with van der Waals surface area (Å²) in [4.78, 5) is 15.8. The fourth-order valence-electron chi connectivity index (χ4n) is 3.30. The van der Waals surface area contributed by atoms with Gasteiger partial charge in [-0.1, -0.05) is 45.4 Å². The van der Waals surface area contributed by atoms with Crippen LogP contribution in [0.3, 0.4) is 0 Å². The topological polar surface area (TPSA) is 81.6 Å². The summed E-state index contributed by atoms with van der Waals surface area (Å²) < 4.78 is 7.59. The number of methoxy groups -OCH3 is 1. The number of carbonyl (C=O) groups is 1. The molecule has 0 saturated carbocycles. The standard InChI is InChI=1S/C24H34N4O2/c1-5-7-8-13-26-24(27-22(25)9-6-2)23-18(3)12-14-28(23)16-20-11-10-19(17-29)15-21(20)30-4/h10-12,14-15,17,26H,3,5-9,13,16H2,1-2,4H3,(H2,25,27)/b24-23+. The Morgan fingerprint density at radius 2 is 2.07 bits per heavy atom. The van der Waals surface area contributed by atoms with E-state index in [1.54, 1.807) is 19.2 Å². The molecule has 3 N–H and O–H groups in total. The molecule has 0 fully saturated rings. The van der Waals surface area contributed by atoms with Crippen LogP contribution in [0, 0.1) is 0 Å². The van der Waals surface area contributed by atoms with E-state index in [1.807, 2.05) is 18.3 Å². The lowest BCUT2D eigenvalue weighted by atomic mass is 10.1. The molecule has 2 rings (SSSR count). The van der Waals surface area contributed by atoms with Crippen molar-refractivity contribution in [3.63, 3.8) is 0 Å². The van der Waals surface area contributed by atoms with Crippen LogP contribution in [0.2, 0.25) is 0 Å². The van der Waals surface area contributed by atoms with Crippen molar-refractivity contribution in [3.8, 4) is 5.75 Å². The quantitative estimate of drug-likeness (QED) is 0.244. The van der Waals surface area contributed by atoms with Crippen molar-refractivity contribution in [1.82, 2.24) is 9.88 Å². The maximum absolute atomic E-state index is 11.1. The second-order valence-corrected chi connectivity index (χ2v) is 7.34. The summed E-state index contributed by atoms with van der Waals surface area (Å²) in [6.07, 6.45) is 7.88. The zero-order valence-electron chi connectivity index (χ0n) is 18.4. The molecule has 1 aromatic carbocycles. The van der Waals surface area contributed by atoms with Gasteiger partial charge in [-0.25, -0.2) is 4.99 Å². The number of benzene rings is 1. The molecule has 0 atom stereocenters. The zero-order valence-corrected chi connectivity index (χ0v) is 18.4. The van der Waals surface area contributed by atoms with Crippen LogP contribution in [0.5, 0.6) is 5.75 Å². The van der Waals surface area contributed by atoms with Gasteiger partial charge >= 0.3 is 0 Å². The Bertz CT molecular complexity index is 976. The van der Waals surface area contributed by atoms with E-state index in [0.717, 1.165) is 66.9 Å². The van der Waals surface area contributed by atoms with Gasteiger partial charge in [-0.15, -0.1) is 0 Å². The summed E-state index contributed by atoms with van der Waals surface area (Å²) in [5.41, 5.74) is 7.71. The Balaban J connectivity index is 2.50. The van der Waals surface area contributed by atoms with Crippen molar-refractivity contribution < 1.29 is 9.53 Å². The third kappa shape index (κ3) is 6.24. The molecular weight excluding hydrogens is 376 g/mol. The highest BCUT2D eigenvalue weighted by Crippen LogP contribution is 2.20. The van der Waals surface area contributed by atoms with E-state index < -0.39 is 0 Å². The molecule has 0 radical (unpaired) electrons. The van der Waals surface area contributed by atoms with Gasteiger partial charge in [-0.05, 0) is 30.2 Å². The number of rotatable bonds is 12. The fraction of sp³-hybridized carbons (Fsp3) is 0.417. The summed E-state index contributed by atoms with van der Waals surface area (Å²) >= 11 is 0. The van der Waals surface area contributed by atoms with Crippen molar-refractivity contribution in [2.45, 2.75) is 52.5 Å². The van der Waals surface area contributed by atoms with Crippen molar-refractivity contribution in [2.24, 2.45) is 10.7 Å². The lowest BCUT2D eigenvalue weighted by Crippen LogP contribution is -2.36. The summed E-state index contributed by atoms with van der Waals surface area (Å²) in [5, 5.41) is 5.26. The molecule has 0 bridgehead atoms. The number of aromatic nitrogens is 1. The number of aliphatic imine (C=N–C) groups is 1. The summed E-state index contributed by atoms with van der Waals surface area (Å²) in [5.74, 6) is 2.03. The summed E-state index contributed by atoms with van der Waals surface area (Å²) in [7, 11) is 1.61. The fourth-order valence-corrected chi connectivity index (χ4v) is 3.30. The van der Waals surface area contributed by atoms with E-state index in [9.17, 15) is 4.79 Å². The minimum Gasteiger partial charge on any atom is -0.496 e. The van der Waals surface area contributed by atoms with Gasteiger partial charge in [0.1, 0.15) is 17.9 Å². The normalized spacial score (nSPS) is 12.6. The number of ether oxygens (including phenoxy) is 1. The van der Waals surface area contributed by atoms with Gasteiger partial charge < -0.3 is 20.4 Å². The van der Waals surface area contributed by atoms with Gasteiger partial charge in [0, 0.05) is 30.3 Å². The van der Waals surface area contributed by atoms with Gasteiger partial charge in [0.05, 0.1) is 19.0 Å². The van der Waals surface area contributed by atoms with Crippen LogP contribution in [-0.2, 0) is 6.54 Å². The van der Waals surface area contributed by atoms with Crippen LogP contribution < -0.4 is 26.4 Å². The number of hydrogen-bond acceptors (Lipinski definition) is 4. The van der Waals surface area contributed by atoms with Crippen LogP contribution in [0.15, 0.2) is 35.5 Å². The number of hydrogen-bond donors (Lipinski definition) is 2. The molecule has 6 nitrogen and oxygen atoms in total. The molecule has 0 aliphatic rings. The van der Waals surface area contributed by atoms with Crippen molar-refractivity contribution >= 4 is 24.5 Å². The van der Waals surface area contributed by atoms with E-state index in [2.05, 4.69) is 30.3 Å². The first kappa shape index (κ1) is 23.3. The average molecular weight is 411 g/mol. The van der Waals surface area contributed by atoms with Gasteiger partial charge in [-0.2, -0.15) is 0 Å². The van der Waals surface area contributed by atoms with Gasteiger partial charge in [0.25, 0.3) is 0 Å². The van der Waals surface area contributed by atoms with E-state index in [-0.39, 0.29) is 0 Å². The Labute approximate surface area is 179 Å². The second kappa shape index (κ2) is 11.9. The number of nitrogens with two attached hydrogens (primary N) is 1. The van der Waals surface area contributed by atoms with Crippen LogP contribution in [-0.4, -0.2) is 30.3 Å². The average Bonchev–Trinajstić information content (AvgIpc) is 3.10. The minimum atomic E-state index is 0.566. The molecule has 1 heterocycles. The molecule has 30 heavy (non-hydrogen) atoms. The van der Waals surface area contributed by atoms with Crippen molar-refractivity contribution in [1.29, 1.82) is 0 Å².